The zero-order valence-electron chi connectivity index (χ0n) is 12.6. The van der Waals surface area contributed by atoms with Gasteiger partial charge in [0.25, 0.3) is 0 Å². The van der Waals surface area contributed by atoms with Crippen molar-refractivity contribution in [1.29, 1.82) is 0 Å². The molecule has 2 heterocycles. The summed E-state index contributed by atoms with van der Waals surface area (Å²) in [7, 11) is 0. The molecule has 0 aromatic heterocycles. The number of para-hydroxylation sites is 1. The number of hydrogen-bond acceptors (Lipinski definition) is 4. The van der Waals surface area contributed by atoms with Crippen LogP contribution in [-0.2, 0) is 16.0 Å². The van der Waals surface area contributed by atoms with Crippen LogP contribution >= 0.6 is 0 Å². The van der Waals surface area contributed by atoms with Crippen LogP contribution in [0.5, 0.6) is 5.75 Å². The molecular weight excluding hydrogens is 266 g/mol. The second-order valence-electron chi connectivity index (χ2n) is 5.88. The normalized spacial score (nSPS) is 22.6. The van der Waals surface area contributed by atoms with Crippen LogP contribution in [0.25, 0.3) is 0 Å². The molecular formula is C17H23NO3. The fraction of sp³-hybridized carbons (Fsp3) is 0.588. The van der Waals surface area contributed by atoms with Gasteiger partial charge < -0.3 is 9.47 Å². The zero-order valence-corrected chi connectivity index (χ0v) is 12.6. The molecule has 0 amide bonds. The average Bonchev–Trinajstić information content (AvgIpc) is 2.90. The van der Waals surface area contributed by atoms with E-state index in [1.807, 2.05) is 19.1 Å². The fourth-order valence-corrected chi connectivity index (χ4v) is 3.26. The first kappa shape index (κ1) is 14.4. The molecule has 2 aliphatic heterocycles. The van der Waals surface area contributed by atoms with Crippen LogP contribution in [0.2, 0.25) is 0 Å². The largest absolute Gasteiger partial charge is 0.488 e. The lowest BCUT2D eigenvalue weighted by molar-refractivity contribution is -0.149. The summed E-state index contributed by atoms with van der Waals surface area (Å²) in [6.07, 6.45) is 3.05. The molecule has 1 unspecified atom stereocenters. The summed E-state index contributed by atoms with van der Waals surface area (Å²) in [4.78, 5) is 14.1. The van der Waals surface area contributed by atoms with Crippen molar-refractivity contribution >= 4 is 5.97 Å². The second-order valence-corrected chi connectivity index (χ2v) is 5.88. The smallest absolute Gasteiger partial charge is 0.309 e. The fourth-order valence-electron chi connectivity index (χ4n) is 3.26. The highest BCUT2D eigenvalue weighted by Crippen LogP contribution is 2.29. The predicted octanol–water partition coefficient (Wildman–Crippen LogP) is 2.27. The second kappa shape index (κ2) is 6.48. The number of ether oxygens (including phenoxy) is 2. The van der Waals surface area contributed by atoms with Gasteiger partial charge in [-0.1, -0.05) is 18.2 Å². The van der Waals surface area contributed by atoms with Gasteiger partial charge in [-0.2, -0.15) is 0 Å². The van der Waals surface area contributed by atoms with Crippen LogP contribution in [0.4, 0.5) is 0 Å². The molecule has 1 atom stereocenters. The van der Waals surface area contributed by atoms with E-state index in [0.717, 1.165) is 44.6 Å². The summed E-state index contributed by atoms with van der Waals surface area (Å²) in [6, 6.07) is 8.27. The molecule has 21 heavy (non-hydrogen) atoms. The van der Waals surface area contributed by atoms with E-state index < -0.39 is 0 Å². The SMILES string of the molecule is CCOC(=O)C1CCN(CC2Cc3ccccc3O2)CC1. The Morgan fingerprint density at radius 3 is 2.81 bits per heavy atom. The number of carbonyl (C=O) groups excluding carboxylic acids is 1. The van der Waals surface area contributed by atoms with Crippen LogP contribution in [0.1, 0.15) is 25.3 Å². The van der Waals surface area contributed by atoms with Crippen LogP contribution in [-0.4, -0.2) is 43.2 Å². The summed E-state index contributed by atoms with van der Waals surface area (Å²) in [5.41, 5.74) is 1.31. The maximum Gasteiger partial charge on any atom is 0.309 e. The Kier molecular flexibility index (Phi) is 4.44. The van der Waals surface area contributed by atoms with Gasteiger partial charge in [0.15, 0.2) is 0 Å². The van der Waals surface area contributed by atoms with Crippen LogP contribution < -0.4 is 4.74 Å². The number of nitrogens with zero attached hydrogens (tertiary/aromatic N) is 1. The monoisotopic (exact) mass is 289 g/mol. The van der Waals surface area contributed by atoms with E-state index in [0.29, 0.717) is 6.61 Å². The summed E-state index contributed by atoms with van der Waals surface area (Å²) in [5.74, 6) is 1.09. The van der Waals surface area contributed by atoms with Gasteiger partial charge in [-0.15, -0.1) is 0 Å². The predicted molar refractivity (Wildman–Crippen MR) is 80.4 cm³/mol. The van der Waals surface area contributed by atoms with Crippen molar-refractivity contribution in [2.24, 2.45) is 5.92 Å². The number of esters is 1. The van der Waals surface area contributed by atoms with Gasteiger partial charge in [-0.25, -0.2) is 0 Å². The molecule has 0 N–H and O–H groups in total. The lowest BCUT2D eigenvalue weighted by Crippen LogP contribution is -2.42. The Morgan fingerprint density at radius 2 is 2.10 bits per heavy atom. The third-order valence-electron chi connectivity index (χ3n) is 4.38. The molecule has 0 bridgehead atoms. The van der Waals surface area contributed by atoms with Crippen molar-refractivity contribution < 1.29 is 14.3 Å². The first-order chi connectivity index (χ1) is 10.3. The van der Waals surface area contributed by atoms with Crippen LogP contribution in [0, 0.1) is 5.92 Å². The number of fused-ring (bicyclic) bond motifs is 1. The first-order valence-electron chi connectivity index (χ1n) is 7.90. The van der Waals surface area contributed by atoms with E-state index >= 15 is 0 Å². The quantitative estimate of drug-likeness (QED) is 0.797. The molecule has 114 valence electrons. The minimum absolute atomic E-state index is 0.0262. The molecule has 0 spiro atoms. The Labute approximate surface area is 126 Å². The molecule has 0 saturated carbocycles. The number of benzene rings is 1. The molecule has 0 radical (unpaired) electrons. The van der Waals surface area contributed by atoms with Gasteiger partial charge in [-0.05, 0) is 44.5 Å². The number of likely N-dealkylation sites (tertiary alicyclic amines) is 1. The first-order valence-corrected chi connectivity index (χ1v) is 7.90. The van der Waals surface area contributed by atoms with E-state index in [4.69, 9.17) is 9.47 Å². The maximum atomic E-state index is 11.7. The van der Waals surface area contributed by atoms with E-state index in [1.54, 1.807) is 0 Å². The van der Waals surface area contributed by atoms with Crippen molar-refractivity contribution in [2.75, 3.05) is 26.2 Å². The van der Waals surface area contributed by atoms with Gasteiger partial charge in [0.1, 0.15) is 11.9 Å². The maximum absolute atomic E-state index is 11.7. The molecule has 4 heteroatoms. The minimum Gasteiger partial charge on any atom is -0.488 e. The summed E-state index contributed by atoms with van der Waals surface area (Å²) in [6.45, 7) is 5.21. The Hall–Kier alpha value is -1.55. The van der Waals surface area contributed by atoms with Crippen molar-refractivity contribution in [3.8, 4) is 5.75 Å². The lowest BCUT2D eigenvalue weighted by atomic mass is 9.96. The number of piperidine rings is 1. The van der Waals surface area contributed by atoms with Crippen molar-refractivity contribution in [3.63, 3.8) is 0 Å². The topological polar surface area (TPSA) is 38.8 Å². The molecule has 1 aromatic rings. The Balaban J connectivity index is 1.46. The van der Waals surface area contributed by atoms with Crippen LogP contribution in [0.15, 0.2) is 24.3 Å². The molecule has 1 saturated heterocycles. The van der Waals surface area contributed by atoms with Gasteiger partial charge in [0.05, 0.1) is 12.5 Å². The highest BCUT2D eigenvalue weighted by atomic mass is 16.5. The zero-order chi connectivity index (χ0) is 14.7. The molecule has 3 rings (SSSR count). The van der Waals surface area contributed by atoms with Gasteiger partial charge in [0.2, 0.25) is 0 Å². The molecule has 1 aromatic carbocycles. The standard InChI is InChI=1S/C17H23NO3/c1-2-20-17(19)13-7-9-18(10-8-13)12-15-11-14-5-3-4-6-16(14)21-15/h3-6,13,15H,2,7-12H2,1H3. The summed E-state index contributed by atoms with van der Waals surface area (Å²) >= 11 is 0. The van der Waals surface area contributed by atoms with Gasteiger partial charge in [-0.3, -0.25) is 9.69 Å². The number of rotatable bonds is 4. The minimum atomic E-state index is -0.0262. The molecule has 2 aliphatic rings. The summed E-state index contributed by atoms with van der Waals surface area (Å²) < 4.78 is 11.1. The highest BCUT2D eigenvalue weighted by Gasteiger charge is 2.29. The van der Waals surface area contributed by atoms with E-state index in [1.165, 1.54) is 5.56 Å². The molecule has 1 fully saturated rings. The summed E-state index contributed by atoms with van der Waals surface area (Å²) in [5, 5.41) is 0. The van der Waals surface area contributed by atoms with E-state index in [9.17, 15) is 4.79 Å². The van der Waals surface area contributed by atoms with Crippen molar-refractivity contribution in [3.05, 3.63) is 29.8 Å². The highest BCUT2D eigenvalue weighted by molar-refractivity contribution is 5.72. The molecule has 4 nitrogen and oxygen atoms in total. The Bertz CT molecular complexity index is 470. The van der Waals surface area contributed by atoms with Crippen molar-refractivity contribution in [1.82, 2.24) is 4.90 Å². The van der Waals surface area contributed by atoms with Crippen LogP contribution in [0.3, 0.4) is 0 Å². The average molecular weight is 289 g/mol. The lowest BCUT2D eigenvalue weighted by Gasteiger charge is -2.32. The van der Waals surface area contributed by atoms with Gasteiger partial charge in [0, 0.05) is 13.0 Å². The third kappa shape index (κ3) is 3.38. The number of hydrogen-bond donors (Lipinski definition) is 0. The number of carbonyl (C=O) groups is 1. The third-order valence-corrected chi connectivity index (χ3v) is 4.38. The molecule has 0 aliphatic carbocycles. The van der Waals surface area contributed by atoms with Crippen molar-refractivity contribution in [2.45, 2.75) is 32.3 Å². The van der Waals surface area contributed by atoms with Gasteiger partial charge >= 0.3 is 5.97 Å². The van der Waals surface area contributed by atoms with E-state index in [2.05, 4.69) is 17.0 Å². The Morgan fingerprint density at radius 1 is 1.33 bits per heavy atom. The van der Waals surface area contributed by atoms with E-state index in [-0.39, 0.29) is 18.0 Å².